The molecule has 254 valence electrons. The molecule has 6 aromatic carbocycles. The second-order valence-corrected chi connectivity index (χ2v) is 15.8. The smallest absolute Gasteiger partial charge is 0.295 e. The third kappa shape index (κ3) is 6.81. The van der Waals surface area contributed by atoms with Gasteiger partial charge in [0, 0.05) is 10.8 Å². The Labute approximate surface area is 311 Å². The number of nitrogen functional groups attached to an aromatic ring is 2. The molecule has 0 atom stereocenters. The monoisotopic (exact) mass is 936 g/mol. The highest BCUT2D eigenvalue weighted by molar-refractivity contribution is 14.1. The summed E-state index contributed by atoms with van der Waals surface area (Å²) < 4.78 is 68.9. The van der Waals surface area contributed by atoms with E-state index in [2.05, 4.69) is 20.5 Å². The van der Waals surface area contributed by atoms with Gasteiger partial charge < -0.3 is 21.7 Å². The lowest BCUT2D eigenvalue weighted by Gasteiger charge is -2.12. The van der Waals surface area contributed by atoms with Crippen LogP contribution in [0.4, 0.5) is 34.1 Å². The van der Waals surface area contributed by atoms with Crippen molar-refractivity contribution in [2.45, 2.75) is 9.79 Å². The van der Waals surface area contributed by atoms with Crippen LogP contribution in [0.5, 0.6) is 11.5 Å². The highest BCUT2D eigenvalue weighted by atomic mass is 127. The molecule has 6 rings (SSSR count). The Bertz CT molecular complexity index is 2470. The third-order valence-corrected chi connectivity index (χ3v) is 11.1. The van der Waals surface area contributed by atoms with Gasteiger partial charge in [-0.25, -0.2) is 0 Å². The van der Waals surface area contributed by atoms with Crippen molar-refractivity contribution in [1.82, 2.24) is 0 Å². The molecule has 0 aliphatic rings. The Morgan fingerprint density at radius 2 is 0.860 bits per heavy atom. The fraction of sp³-hybridized carbons (Fsp3) is 0. The number of phenolic OH excluding ortho intramolecular Hbond substituents is 2. The lowest BCUT2D eigenvalue weighted by Crippen LogP contribution is -2.01. The summed E-state index contributed by atoms with van der Waals surface area (Å²) in [6.45, 7) is 0. The molecule has 50 heavy (non-hydrogen) atoms. The number of nitrogens with two attached hydrogens (primary N) is 2. The summed E-state index contributed by atoms with van der Waals surface area (Å²) >= 11 is 3.74. The van der Waals surface area contributed by atoms with E-state index in [0.29, 0.717) is 18.5 Å². The van der Waals surface area contributed by atoms with Gasteiger partial charge in [0.1, 0.15) is 32.7 Å². The number of halogens is 2. The first kappa shape index (κ1) is 35.3. The van der Waals surface area contributed by atoms with E-state index in [1.165, 1.54) is 24.3 Å². The molecule has 0 heterocycles. The lowest BCUT2D eigenvalue weighted by atomic mass is 10.1. The van der Waals surface area contributed by atoms with E-state index >= 15 is 0 Å². The van der Waals surface area contributed by atoms with E-state index in [9.17, 15) is 36.2 Å². The zero-order valence-electron chi connectivity index (χ0n) is 25.0. The topological polar surface area (TPSA) is 251 Å². The molecule has 0 fully saturated rings. The molecular formula is C32H22I2N6O8S2. The molecule has 18 heteroatoms. The van der Waals surface area contributed by atoms with E-state index in [1.807, 2.05) is 45.2 Å². The number of fused-ring (bicyclic) bond motifs is 2. The molecule has 0 unspecified atom stereocenters. The van der Waals surface area contributed by atoms with E-state index in [-0.39, 0.29) is 55.8 Å². The fourth-order valence-corrected chi connectivity index (χ4v) is 7.48. The third-order valence-electron chi connectivity index (χ3n) is 7.58. The average Bonchev–Trinajstić information content (AvgIpc) is 3.06. The van der Waals surface area contributed by atoms with Crippen molar-refractivity contribution < 1.29 is 36.2 Å². The number of hydrogen-bond acceptors (Lipinski definition) is 12. The number of benzene rings is 6. The first-order valence-corrected chi connectivity index (χ1v) is 19.0. The van der Waals surface area contributed by atoms with Gasteiger partial charge in [-0.3, -0.25) is 9.11 Å². The molecule has 0 radical (unpaired) electrons. The van der Waals surface area contributed by atoms with Gasteiger partial charge in [0.05, 0.1) is 40.7 Å². The van der Waals surface area contributed by atoms with Crippen LogP contribution in [0.1, 0.15) is 0 Å². The molecule has 0 aliphatic heterocycles. The highest BCUT2D eigenvalue weighted by Gasteiger charge is 2.23. The maximum absolute atomic E-state index is 12.1. The normalized spacial score (nSPS) is 12.5. The van der Waals surface area contributed by atoms with Gasteiger partial charge in [0.15, 0.2) is 0 Å². The van der Waals surface area contributed by atoms with Gasteiger partial charge in [0.25, 0.3) is 20.2 Å². The van der Waals surface area contributed by atoms with Crippen LogP contribution in [0.2, 0.25) is 0 Å². The summed E-state index contributed by atoms with van der Waals surface area (Å²) in [5.41, 5.74) is 14.7. The van der Waals surface area contributed by atoms with Crippen molar-refractivity contribution in [1.29, 1.82) is 0 Å². The maximum Gasteiger partial charge on any atom is 0.295 e. The number of azo groups is 2. The first-order valence-electron chi connectivity index (χ1n) is 14.0. The summed E-state index contributed by atoms with van der Waals surface area (Å²) in [5.74, 6) is -0.503. The quantitative estimate of drug-likeness (QED) is 0.0384. The standard InChI is InChI=1S/C32H22I2N6O8S2/c33-21-11-9-19-25(49(43,44)45)13-23(29(35)27(19)31(21)41)39-37-17-5-1-15(2-6-17)16-3-7-18(8-4-16)38-40-24-14-26(50(46,47)48)20-10-12-22(34)32(42)28(20)30(24)36/h1-14,41-42H,35-36H2,(H,43,44,45)(H,46,47,48). The summed E-state index contributed by atoms with van der Waals surface area (Å²) in [6.07, 6.45) is 0. The molecule has 14 nitrogen and oxygen atoms in total. The van der Waals surface area contributed by atoms with Crippen LogP contribution < -0.4 is 11.5 Å². The summed E-state index contributed by atoms with van der Waals surface area (Å²) in [4.78, 5) is -0.947. The number of anilines is 2. The van der Waals surface area contributed by atoms with E-state index in [0.717, 1.165) is 23.3 Å². The zero-order valence-corrected chi connectivity index (χ0v) is 31.0. The van der Waals surface area contributed by atoms with Crippen molar-refractivity contribution in [2.24, 2.45) is 20.5 Å². The van der Waals surface area contributed by atoms with Gasteiger partial charge in [-0.05, 0) is 105 Å². The van der Waals surface area contributed by atoms with Crippen LogP contribution >= 0.6 is 45.2 Å². The second kappa shape index (κ2) is 13.3. The van der Waals surface area contributed by atoms with Crippen LogP contribution in [-0.2, 0) is 20.2 Å². The predicted molar refractivity (Wildman–Crippen MR) is 205 cm³/mol. The number of phenols is 2. The van der Waals surface area contributed by atoms with Crippen LogP contribution in [0, 0.1) is 7.14 Å². The largest absolute Gasteiger partial charge is 0.506 e. The Morgan fingerprint density at radius 3 is 1.18 bits per heavy atom. The summed E-state index contributed by atoms with van der Waals surface area (Å²) in [6, 6.07) is 21.8. The van der Waals surface area contributed by atoms with E-state index in [1.54, 1.807) is 48.5 Å². The Kier molecular flexibility index (Phi) is 9.43. The minimum atomic E-state index is -4.69. The van der Waals surface area contributed by atoms with Crippen molar-refractivity contribution in [3.8, 4) is 22.6 Å². The van der Waals surface area contributed by atoms with Crippen molar-refractivity contribution >= 4 is 121 Å². The van der Waals surface area contributed by atoms with Crippen molar-refractivity contribution in [3.05, 3.63) is 92.1 Å². The lowest BCUT2D eigenvalue weighted by molar-refractivity contribution is 0.476. The molecule has 0 aliphatic carbocycles. The SMILES string of the molecule is Nc1c(N=Nc2ccc(-c3ccc(N=Nc4cc(S(=O)(=O)O)c5ccc(I)c(O)c5c4N)cc3)cc2)cc(S(=O)(=O)O)c2ccc(I)c(O)c12. The fourth-order valence-electron chi connectivity index (χ4n) is 5.16. The first-order chi connectivity index (χ1) is 23.5. The second-order valence-electron chi connectivity index (χ2n) is 10.7. The van der Waals surface area contributed by atoms with E-state index < -0.39 is 30.0 Å². The highest BCUT2D eigenvalue weighted by Crippen LogP contribution is 2.44. The number of nitrogens with zero attached hydrogens (tertiary/aromatic N) is 4. The van der Waals surface area contributed by atoms with Crippen molar-refractivity contribution in [2.75, 3.05) is 11.5 Å². The number of aromatic hydroxyl groups is 2. The molecule has 0 aromatic heterocycles. The van der Waals surface area contributed by atoms with E-state index in [4.69, 9.17) is 11.5 Å². The molecule has 0 bridgehead atoms. The Hall–Kier alpha value is -4.48. The summed E-state index contributed by atoms with van der Waals surface area (Å²) in [5, 5.41) is 37.8. The van der Waals surface area contributed by atoms with Gasteiger partial charge in [-0.15, -0.1) is 10.2 Å². The molecule has 0 saturated heterocycles. The van der Waals surface area contributed by atoms with Gasteiger partial charge in [-0.2, -0.15) is 27.1 Å². The predicted octanol–water partition coefficient (Wildman–Crippen LogP) is 8.77. The van der Waals surface area contributed by atoms with Gasteiger partial charge in [-0.1, -0.05) is 36.4 Å². The van der Waals surface area contributed by atoms with Crippen LogP contribution in [0.25, 0.3) is 32.7 Å². The zero-order chi connectivity index (χ0) is 36.1. The van der Waals surface area contributed by atoms with Crippen molar-refractivity contribution in [3.63, 3.8) is 0 Å². The molecule has 0 spiro atoms. The van der Waals surface area contributed by atoms with Crippen LogP contribution in [0.15, 0.2) is 115 Å². The van der Waals surface area contributed by atoms with Crippen LogP contribution in [-0.4, -0.2) is 36.2 Å². The van der Waals surface area contributed by atoms with Crippen LogP contribution in [0.3, 0.4) is 0 Å². The number of rotatable bonds is 7. The Balaban J connectivity index is 1.26. The maximum atomic E-state index is 12.1. The average molecular weight is 937 g/mol. The number of hydrogen-bond donors (Lipinski definition) is 6. The molecular weight excluding hydrogens is 914 g/mol. The summed E-state index contributed by atoms with van der Waals surface area (Å²) in [7, 11) is -9.38. The minimum Gasteiger partial charge on any atom is -0.506 e. The van der Waals surface area contributed by atoms with Gasteiger partial charge >= 0.3 is 0 Å². The molecule has 0 saturated carbocycles. The van der Waals surface area contributed by atoms with Gasteiger partial charge in [0.2, 0.25) is 0 Å². The minimum absolute atomic E-state index is 0.0175. The molecule has 8 N–H and O–H groups in total. The molecule has 0 amide bonds. The Morgan fingerprint density at radius 1 is 0.520 bits per heavy atom. The molecule has 6 aromatic rings.